The van der Waals surface area contributed by atoms with Gasteiger partial charge in [-0.05, 0) is 67.7 Å². The van der Waals surface area contributed by atoms with Gasteiger partial charge in [0.15, 0.2) is 0 Å². The fourth-order valence-corrected chi connectivity index (χ4v) is 3.79. The number of anilines is 1. The highest BCUT2D eigenvalue weighted by atomic mass is 79.9. The van der Waals surface area contributed by atoms with Gasteiger partial charge in [0.2, 0.25) is 0 Å². The number of hydrogen-bond acceptors (Lipinski definition) is 1. The number of aryl methyl sites for hydroxylation is 1. The van der Waals surface area contributed by atoms with Crippen molar-refractivity contribution in [1.82, 2.24) is 0 Å². The molecule has 1 aromatic carbocycles. The minimum absolute atomic E-state index is 0.512. The molecule has 0 bridgehead atoms. The molecule has 1 aliphatic rings. The van der Waals surface area contributed by atoms with Gasteiger partial charge in [0.05, 0.1) is 0 Å². The predicted octanol–water partition coefficient (Wildman–Crippen LogP) is 6.16. The summed E-state index contributed by atoms with van der Waals surface area (Å²) in [6.07, 6.45) is 6.65. The summed E-state index contributed by atoms with van der Waals surface area (Å²) in [5.74, 6) is 0.900. The first kappa shape index (κ1) is 15.9. The lowest BCUT2D eigenvalue weighted by Gasteiger charge is -2.39. The fraction of sp³-hybridized carbons (Fsp3) is 0.667. The van der Waals surface area contributed by atoms with E-state index < -0.39 is 0 Å². The third-order valence-corrected chi connectivity index (χ3v) is 5.78. The molecular formula is C18H28BrN. The van der Waals surface area contributed by atoms with E-state index in [1.165, 1.54) is 43.4 Å². The van der Waals surface area contributed by atoms with Crippen LogP contribution in [0.15, 0.2) is 22.7 Å². The zero-order valence-electron chi connectivity index (χ0n) is 13.3. The smallest absolute Gasteiger partial charge is 0.0372 e. The van der Waals surface area contributed by atoms with Gasteiger partial charge in [0, 0.05) is 16.2 Å². The predicted molar refractivity (Wildman–Crippen MR) is 92.3 cm³/mol. The molecule has 1 aliphatic carbocycles. The van der Waals surface area contributed by atoms with Crippen LogP contribution < -0.4 is 5.32 Å². The zero-order valence-corrected chi connectivity index (χ0v) is 14.9. The summed E-state index contributed by atoms with van der Waals surface area (Å²) < 4.78 is 1.16. The van der Waals surface area contributed by atoms with Crippen LogP contribution in [0.25, 0.3) is 0 Å². The first-order valence-electron chi connectivity index (χ1n) is 7.95. The number of benzene rings is 1. The minimum atomic E-state index is 0.512. The zero-order chi connectivity index (χ0) is 14.8. The third-order valence-electron chi connectivity index (χ3n) is 5.29. The van der Waals surface area contributed by atoms with E-state index in [4.69, 9.17) is 0 Å². The van der Waals surface area contributed by atoms with Gasteiger partial charge in [-0.3, -0.25) is 0 Å². The lowest BCUT2D eigenvalue weighted by Crippen LogP contribution is -2.32. The van der Waals surface area contributed by atoms with Crippen molar-refractivity contribution in [2.24, 2.45) is 11.3 Å². The molecule has 0 aliphatic heterocycles. The van der Waals surface area contributed by atoms with E-state index in [1.54, 1.807) is 0 Å². The Labute approximate surface area is 132 Å². The van der Waals surface area contributed by atoms with Gasteiger partial charge in [-0.2, -0.15) is 0 Å². The third kappa shape index (κ3) is 3.78. The lowest BCUT2D eigenvalue weighted by molar-refractivity contribution is 0.147. The highest BCUT2D eigenvalue weighted by molar-refractivity contribution is 9.10. The Morgan fingerprint density at radius 1 is 1.20 bits per heavy atom. The maximum atomic E-state index is 3.75. The van der Waals surface area contributed by atoms with Gasteiger partial charge >= 0.3 is 0 Å². The average Bonchev–Trinajstić information content (AvgIpc) is 2.42. The Balaban J connectivity index is 1.91. The summed E-state index contributed by atoms with van der Waals surface area (Å²) in [5, 5.41) is 3.75. The second-order valence-corrected chi connectivity index (χ2v) is 7.91. The van der Waals surface area contributed by atoms with Gasteiger partial charge in [0.1, 0.15) is 0 Å². The van der Waals surface area contributed by atoms with Crippen LogP contribution in [-0.2, 0) is 0 Å². The Morgan fingerprint density at radius 2 is 1.85 bits per heavy atom. The van der Waals surface area contributed by atoms with E-state index in [0.717, 1.165) is 10.4 Å². The van der Waals surface area contributed by atoms with Crippen molar-refractivity contribution in [2.45, 2.75) is 65.8 Å². The molecule has 1 fully saturated rings. The summed E-state index contributed by atoms with van der Waals surface area (Å²) in [6, 6.07) is 7.16. The molecule has 2 rings (SSSR count). The SMILES string of the molecule is CCC(C)(C)C1CCC(Nc2ccc(Br)cc2C)CC1. The second-order valence-electron chi connectivity index (χ2n) is 6.99. The first-order chi connectivity index (χ1) is 9.42. The summed E-state index contributed by atoms with van der Waals surface area (Å²) in [4.78, 5) is 0. The van der Waals surface area contributed by atoms with Gasteiger partial charge in [0.25, 0.3) is 0 Å². The molecule has 0 amide bonds. The largest absolute Gasteiger partial charge is 0.382 e. The molecule has 20 heavy (non-hydrogen) atoms. The van der Waals surface area contributed by atoms with Crippen molar-refractivity contribution < 1.29 is 0 Å². The summed E-state index contributed by atoms with van der Waals surface area (Å²) in [6.45, 7) is 9.38. The van der Waals surface area contributed by atoms with E-state index in [2.05, 4.69) is 67.1 Å². The van der Waals surface area contributed by atoms with Gasteiger partial charge in [-0.1, -0.05) is 43.1 Å². The molecule has 0 atom stereocenters. The van der Waals surface area contributed by atoms with E-state index in [-0.39, 0.29) is 0 Å². The average molecular weight is 338 g/mol. The standard InChI is InChI=1S/C18H28BrN/c1-5-18(3,4)14-6-9-16(10-7-14)20-17-11-8-15(19)12-13(17)2/h8,11-12,14,16,20H,5-7,9-10H2,1-4H3. The Morgan fingerprint density at radius 3 is 2.40 bits per heavy atom. The molecule has 0 radical (unpaired) electrons. The molecule has 0 unspecified atom stereocenters. The lowest BCUT2D eigenvalue weighted by atomic mass is 9.69. The van der Waals surface area contributed by atoms with Crippen molar-refractivity contribution in [1.29, 1.82) is 0 Å². The van der Waals surface area contributed by atoms with Crippen LogP contribution in [0.5, 0.6) is 0 Å². The normalized spacial score (nSPS) is 23.6. The fourth-order valence-electron chi connectivity index (χ4n) is 3.32. The minimum Gasteiger partial charge on any atom is -0.382 e. The van der Waals surface area contributed by atoms with Gasteiger partial charge < -0.3 is 5.32 Å². The Hall–Kier alpha value is -0.500. The highest BCUT2D eigenvalue weighted by Gasteiger charge is 2.31. The van der Waals surface area contributed by atoms with Crippen LogP contribution in [-0.4, -0.2) is 6.04 Å². The molecule has 1 N–H and O–H groups in total. The van der Waals surface area contributed by atoms with Crippen LogP contribution in [0.4, 0.5) is 5.69 Å². The van der Waals surface area contributed by atoms with Crippen LogP contribution in [0.2, 0.25) is 0 Å². The molecule has 0 spiro atoms. The topological polar surface area (TPSA) is 12.0 Å². The van der Waals surface area contributed by atoms with Crippen molar-refractivity contribution >= 4 is 21.6 Å². The van der Waals surface area contributed by atoms with E-state index >= 15 is 0 Å². The maximum Gasteiger partial charge on any atom is 0.0372 e. The quantitative estimate of drug-likeness (QED) is 0.693. The van der Waals surface area contributed by atoms with Crippen molar-refractivity contribution in [2.75, 3.05) is 5.32 Å². The first-order valence-corrected chi connectivity index (χ1v) is 8.74. The van der Waals surface area contributed by atoms with Crippen molar-refractivity contribution in [3.8, 4) is 0 Å². The van der Waals surface area contributed by atoms with Crippen molar-refractivity contribution in [3.63, 3.8) is 0 Å². The molecule has 0 heterocycles. The molecule has 112 valence electrons. The van der Waals surface area contributed by atoms with E-state index in [0.29, 0.717) is 11.5 Å². The molecule has 1 saturated carbocycles. The van der Waals surface area contributed by atoms with Crippen LogP contribution in [0, 0.1) is 18.3 Å². The maximum absolute atomic E-state index is 3.75. The van der Waals surface area contributed by atoms with Crippen LogP contribution >= 0.6 is 15.9 Å². The number of halogens is 1. The Kier molecular flexibility index (Phi) is 5.17. The van der Waals surface area contributed by atoms with Crippen LogP contribution in [0.3, 0.4) is 0 Å². The Bertz CT molecular complexity index is 445. The molecular weight excluding hydrogens is 310 g/mol. The van der Waals surface area contributed by atoms with E-state index in [9.17, 15) is 0 Å². The molecule has 0 saturated heterocycles. The number of hydrogen-bond donors (Lipinski definition) is 1. The molecule has 1 nitrogen and oxygen atoms in total. The second kappa shape index (κ2) is 6.51. The summed E-state index contributed by atoms with van der Waals surface area (Å²) in [5.41, 5.74) is 3.14. The highest BCUT2D eigenvalue weighted by Crippen LogP contribution is 2.41. The van der Waals surface area contributed by atoms with Gasteiger partial charge in [-0.25, -0.2) is 0 Å². The van der Waals surface area contributed by atoms with Crippen molar-refractivity contribution in [3.05, 3.63) is 28.2 Å². The summed E-state index contributed by atoms with van der Waals surface area (Å²) >= 11 is 3.53. The molecule has 0 aromatic heterocycles. The summed E-state index contributed by atoms with van der Waals surface area (Å²) in [7, 11) is 0. The monoisotopic (exact) mass is 337 g/mol. The molecule has 1 aromatic rings. The van der Waals surface area contributed by atoms with Crippen LogP contribution in [0.1, 0.15) is 58.4 Å². The molecule has 2 heteroatoms. The number of nitrogens with one attached hydrogen (secondary N) is 1. The van der Waals surface area contributed by atoms with E-state index in [1.807, 2.05) is 0 Å². The number of rotatable bonds is 4. The van der Waals surface area contributed by atoms with Gasteiger partial charge in [-0.15, -0.1) is 0 Å².